The van der Waals surface area contributed by atoms with Gasteiger partial charge in [-0.2, -0.15) is 13.2 Å². The van der Waals surface area contributed by atoms with E-state index in [2.05, 4.69) is 10.6 Å². The number of aryl methyl sites for hydroxylation is 2. The molecule has 0 fully saturated rings. The van der Waals surface area contributed by atoms with Crippen molar-refractivity contribution in [3.8, 4) is 0 Å². The summed E-state index contributed by atoms with van der Waals surface area (Å²) in [5.41, 5.74) is 2.13. The van der Waals surface area contributed by atoms with Crippen LogP contribution >= 0.6 is 0 Å². The van der Waals surface area contributed by atoms with Crippen molar-refractivity contribution in [2.45, 2.75) is 33.0 Å². The topological polar surface area (TPSA) is 61.4 Å². The predicted molar refractivity (Wildman–Crippen MR) is 107 cm³/mol. The highest BCUT2D eigenvalue weighted by molar-refractivity contribution is 5.96. The highest BCUT2D eigenvalue weighted by atomic mass is 19.4. The van der Waals surface area contributed by atoms with E-state index < -0.39 is 23.7 Å². The van der Waals surface area contributed by atoms with Crippen LogP contribution in [0.5, 0.6) is 0 Å². The first kappa shape index (κ1) is 22.4. The third kappa shape index (κ3) is 6.32. The predicted octanol–water partition coefficient (Wildman–Crippen LogP) is 4.22. The first-order valence-electron chi connectivity index (χ1n) is 9.03. The fraction of sp³-hybridized carbons (Fsp3) is 0.333. The molecule has 0 aliphatic heterocycles. The van der Waals surface area contributed by atoms with Crippen LogP contribution in [0, 0.1) is 13.8 Å². The number of amides is 2. The Morgan fingerprint density at radius 1 is 1.03 bits per heavy atom. The quantitative estimate of drug-likeness (QED) is 0.754. The molecule has 156 valence electrons. The fourth-order valence-corrected chi connectivity index (χ4v) is 2.61. The SMILES string of the molecule is Cc1ccc(C)c(NC(=O)CN(C)[C@@H](C)C(=O)Nc2ccc(C(F)(F)F)cc2)c1. The average Bonchev–Trinajstić information content (AvgIpc) is 2.63. The Morgan fingerprint density at radius 3 is 2.24 bits per heavy atom. The van der Waals surface area contributed by atoms with Crippen molar-refractivity contribution >= 4 is 23.2 Å². The van der Waals surface area contributed by atoms with E-state index in [1.165, 1.54) is 12.1 Å². The van der Waals surface area contributed by atoms with Gasteiger partial charge in [0, 0.05) is 11.4 Å². The van der Waals surface area contributed by atoms with E-state index in [1.807, 2.05) is 32.0 Å². The number of nitrogens with zero attached hydrogens (tertiary/aromatic N) is 1. The third-order valence-corrected chi connectivity index (χ3v) is 4.58. The molecule has 2 amide bonds. The monoisotopic (exact) mass is 407 g/mol. The maximum Gasteiger partial charge on any atom is 0.416 e. The molecule has 0 saturated heterocycles. The van der Waals surface area contributed by atoms with Crippen LogP contribution < -0.4 is 10.6 Å². The molecule has 0 bridgehead atoms. The molecule has 0 radical (unpaired) electrons. The highest BCUT2D eigenvalue weighted by Crippen LogP contribution is 2.29. The number of hydrogen-bond donors (Lipinski definition) is 2. The van der Waals surface area contributed by atoms with Crippen molar-refractivity contribution in [3.63, 3.8) is 0 Å². The van der Waals surface area contributed by atoms with Gasteiger partial charge in [0.1, 0.15) is 0 Å². The summed E-state index contributed by atoms with van der Waals surface area (Å²) in [4.78, 5) is 26.2. The van der Waals surface area contributed by atoms with Gasteiger partial charge in [-0.3, -0.25) is 14.5 Å². The summed E-state index contributed by atoms with van der Waals surface area (Å²) in [6, 6.07) is 9.26. The Labute approximate surface area is 167 Å². The molecule has 5 nitrogen and oxygen atoms in total. The lowest BCUT2D eigenvalue weighted by atomic mass is 10.1. The first-order chi connectivity index (χ1) is 13.5. The molecule has 0 aliphatic rings. The maximum absolute atomic E-state index is 12.6. The molecule has 2 N–H and O–H groups in total. The second kappa shape index (κ2) is 9.09. The standard InChI is InChI=1S/C21H24F3N3O2/c1-13-5-6-14(2)18(11-13)26-19(28)12-27(4)15(3)20(29)25-17-9-7-16(8-10-17)21(22,23)24/h5-11,15H,12H2,1-4H3,(H,25,29)(H,26,28)/t15-/m0/s1. The number of hydrogen-bond acceptors (Lipinski definition) is 3. The van der Waals surface area contributed by atoms with Gasteiger partial charge in [0.25, 0.3) is 0 Å². The average molecular weight is 407 g/mol. The molecule has 2 aromatic rings. The summed E-state index contributed by atoms with van der Waals surface area (Å²) >= 11 is 0. The van der Waals surface area contributed by atoms with Crippen molar-refractivity contribution in [1.82, 2.24) is 4.90 Å². The normalized spacial score (nSPS) is 12.6. The summed E-state index contributed by atoms with van der Waals surface area (Å²) < 4.78 is 37.8. The number of carbonyl (C=O) groups is 2. The minimum Gasteiger partial charge on any atom is -0.325 e. The number of nitrogens with one attached hydrogen (secondary N) is 2. The molecule has 1 atom stereocenters. The van der Waals surface area contributed by atoms with Gasteiger partial charge < -0.3 is 10.6 Å². The smallest absolute Gasteiger partial charge is 0.325 e. The van der Waals surface area contributed by atoms with E-state index in [4.69, 9.17) is 0 Å². The van der Waals surface area contributed by atoms with Crippen LogP contribution in [0.1, 0.15) is 23.6 Å². The number of alkyl halides is 3. The Balaban J connectivity index is 1.93. The molecule has 0 unspecified atom stereocenters. The third-order valence-electron chi connectivity index (χ3n) is 4.58. The number of likely N-dealkylation sites (N-methyl/N-ethyl adjacent to an activating group) is 1. The number of halogens is 3. The van der Waals surface area contributed by atoms with Crippen molar-refractivity contribution in [3.05, 3.63) is 59.2 Å². The van der Waals surface area contributed by atoms with E-state index in [0.717, 1.165) is 23.3 Å². The number of rotatable bonds is 6. The minimum absolute atomic E-state index is 0.0189. The summed E-state index contributed by atoms with van der Waals surface area (Å²) in [5.74, 6) is -0.692. The molecule has 0 heterocycles. The van der Waals surface area contributed by atoms with Gasteiger partial charge in [-0.05, 0) is 69.3 Å². The Kier molecular flexibility index (Phi) is 7.02. The van der Waals surface area contributed by atoms with Crippen molar-refractivity contribution < 1.29 is 22.8 Å². The lowest BCUT2D eigenvalue weighted by Crippen LogP contribution is -2.43. The van der Waals surface area contributed by atoms with E-state index >= 15 is 0 Å². The van der Waals surface area contributed by atoms with Gasteiger partial charge in [0.2, 0.25) is 11.8 Å². The van der Waals surface area contributed by atoms with Crippen LogP contribution in [-0.2, 0) is 15.8 Å². The second-order valence-corrected chi connectivity index (χ2v) is 7.02. The Hall–Kier alpha value is -2.87. The van der Waals surface area contributed by atoms with E-state index in [-0.39, 0.29) is 18.1 Å². The molecular formula is C21H24F3N3O2. The molecule has 0 saturated carbocycles. The van der Waals surface area contributed by atoms with Crippen LogP contribution in [-0.4, -0.2) is 36.3 Å². The maximum atomic E-state index is 12.6. The summed E-state index contributed by atoms with van der Waals surface area (Å²) in [5, 5.41) is 5.39. The molecule has 0 spiro atoms. The van der Waals surface area contributed by atoms with Crippen molar-refractivity contribution in [1.29, 1.82) is 0 Å². The molecule has 29 heavy (non-hydrogen) atoms. The first-order valence-corrected chi connectivity index (χ1v) is 9.03. The van der Waals surface area contributed by atoms with Gasteiger partial charge in [0.05, 0.1) is 18.2 Å². The van der Waals surface area contributed by atoms with E-state index in [1.54, 1.807) is 18.9 Å². The minimum atomic E-state index is -4.43. The number of carbonyl (C=O) groups excluding carboxylic acids is 2. The summed E-state index contributed by atoms with van der Waals surface area (Å²) in [6.07, 6.45) is -4.43. The zero-order valence-corrected chi connectivity index (χ0v) is 16.7. The lowest BCUT2D eigenvalue weighted by molar-refractivity contribution is -0.137. The molecule has 0 aliphatic carbocycles. The summed E-state index contributed by atoms with van der Waals surface area (Å²) in [7, 11) is 1.62. The van der Waals surface area contributed by atoms with Crippen LogP contribution in [0.25, 0.3) is 0 Å². The van der Waals surface area contributed by atoms with Gasteiger partial charge in [0.15, 0.2) is 0 Å². The lowest BCUT2D eigenvalue weighted by Gasteiger charge is -2.23. The van der Waals surface area contributed by atoms with Crippen LogP contribution in [0.3, 0.4) is 0 Å². The Morgan fingerprint density at radius 2 is 1.66 bits per heavy atom. The molecule has 2 rings (SSSR count). The molecule has 2 aromatic carbocycles. The Bertz CT molecular complexity index is 880. The van der Waals surface area contributed by atoms with Crippen LogP contribution in [0.15, 0.2) is 42.5 Å². The van der Waals surface area contributed by atoms with Crippen molar-refractivity contribution in [2.24, 2.45) is 0 Å². The second-order valence-electron chi connectivity index (χ2n) is 7.02. The van der Waals surface area contributed by atoms with Crippen LogP contribution in [0.4, 0.5) is 24.5 Å². The van der Waals surface area contributed by atoms with Gasteiger partial charge in [-0.25, -0.2) is 0 Å². The molecule has 0 aromatic heterocycles. The van der Waals surface area contributed by atoms with Crippen molar-refractivity contribution in [2.75, 3.05) is 24.2 Å². The van der Waals surface area contributed by atoms with Gasteiger partial charge in [-0.1, -0.05) is 12.1 Å². The van der Waals surface area contributed by atoms with E-state index in [0.29, 0.717) is 5.69 Å². The van der Waals surface area contributed by atoms with Crippen LogP contribution in [0.2, 0.25) is 0 Å². The van der Waals surface area contributed by atoms with Gasteiger partial charge in [-0.15, -0.1) is 0 Å². The number of anilines is 2. The largest absolute Gasteiger partial charge is 0.416 e. The van der Waals surface area contributed by atoms with E-state index in [9.17, 15) is 22.8 Å². The zero-order chi connectivity index (χ0) is 21.8. The summed E-state index contributed by atoms with van der Waals surface area (Å²) in [6.45, 7) is 5.41. The molecular weight excluding hydrogens is 383 g/mol. The molecule has 8 heteroatoms. The van der Waals surface area contributed by atoms with Gasteiger partial charge >= 0.3 is 6.18 Å². The zero-order valence-electron chi connectivity index (χ0n) is 16.7. The fourth-order valence-electron chi connectivity index (χ4n) is 2.61. The highest BCUT2D eigenvalue weighted by Gasteiger charge is 2.30. The number of benzene rings is 2.